The first-order valence-corrected chi connectivity index (χ1v) is 7.66. The average molecular weight is 251 g/mol. The SMILES string of the molecule is CNC(CCc1ccccc1)CSCC(C)C. The number of nitrogens with one attached hydrogen (secondary N) is 1. The van der Waals surface area contributed by atoms with Crippen molar-refractivity contribution in [2.24, 2.45) is 5.92 Å². The van der Waals surface area contributed by atoms with E-state index in [1.54, 1.807) is 0 Å². The minimum absolute atomic E-state index is 0.638. The summed E-state index contributed by atoms with van der Waals surface area (Å²) in [6, 6.07) is 11.4. The van der Waals surface area contributed by atoms with Crippen LogP contribution in [-0.2, 0) is 6.42 Å². The van der Waals surface area contributed by atoms with Gasteiger partial charge in [-0.05, 0) is 37.1 Å². The van der Waals surface area contributed by atoms with Crippen LogP contribution in [0.2, 0.25) is 0 Å². The Morgan fingerprint density at radius 2 is 1.82 bits per heavy atom. The summed E-state index contributed by atoms with van der Waals surface area (Å²) in [5.41, 5.74) is 1.45. The van der Waals surface area contributed by atoms with Gasteiger partial charge in [0, 0.05) is 11.8 Å². The number of thioether (sulfide) groups is 1. The van der Waals surface area contributed by atoms with Crippen LogP contribution in [0.4, 0.5) is 0 Å². The van der Waals surface area contributed by atoms with Gasteiger partial charge < -0.3 is 5.32 Å². The van der Waals surface area contributed by atoms with Crippen molar-refractivity contribution in [3.8, 4) is 0 Å². The maximum atomic E-state index is 3.43. The van der Waals surface area contributed by atoms with Gasteiger partial charge in [-0.3, -0.25) is 0 Å². The van der Waals surface area contributed by atoms with Crippen molar-refractivity contribution in [3.63, 3.8) is 0 Å². The Labute approximate surface area is 110 Å². The molecule has 0 aliphatic rings. The van der Waals surface area contributed by atoms with Gasteiger partial charge in [-0.1, -0.05) is 44.2 Å². The second kappa shape index (κ2) is 8.60. The molecule has 1 unspecified atom stereocenters. The fourth-order valence-corrected chi connectivity index (χ4v) is 2.97. The quantitative estimate of drug-likeness (QED) is 0.757. The second-order valence-electron chi connectivity index (χ2n) is 4.94. The molecule has 0 aromatic heterocycles. The fourth-order valence-electron chi connectivity index (χ4n) is 1.74. The summed E-state index contributed by atoms with van der Waals surface area (Å²) >= 11 is 2.07. The molecular weight excluding hydrogens is 226 g/mol. The lowest BCUT2D eigenvalue weighted by atomic mass is 10.1. The molecule has 0 spiro atoms. The highest BCUT2D eigenvalue weighted by Gasteiger charge is 2.06. The smallest absolute Gasteiger partial charge is 0.0158 e. The summed E-state index contributed by atoms with van der Waals surface area (Å²) in [6.45, 7) is 4.57. The highest BCUT2D eigenvalue weighted by molar-refractivity contribution is 7.99. The molecule has 0 saturated carbocycles. The largest absolute Gasteiger partial charge is 0.316 e. The highest BCUT2D eigenvalue weighted by Crippen LogP contribution is 2.12. The van der Waals surface area contributed by atoms with Gasteiger partial charge in [-0.15, -0.1) is 0 Å². The molecule has 0 heterocycles. The molecule has 96 valence electrons. The van der Waals surface area contributed by atoms with E-state index in [0.29, 0.717) is 6.04 Å². The third kappa shape index (κ3) is 6.75. The molecule has 1 nitrogen and oxygen atoms in total. The van der Waals surface area contributed by atoms with Crippen molar-refractivity contribution in [3.05, 3.63) is 35.9 Å². The van der Waals surface area contributed by atoms with Crippen molar-refractivity contribution in [2.45, 2.75) is 32.7 Å². The van der Waals surface area contributed by atoms with Gasteiger partial charge in [0.15, 0.2) is 0 Å². The molecule has 17 heavy (non-hydrogen) atoms. The van der Waals surface area contributed by atoms with Crippen LogP contribution < -0.4 is 5.32 Å². The molecule has 0 bridgehead atoms. The van der Waals surface area contributed by atoms with E-state index in [1.807, 2.05) is 0 Å². The van der Waals surface area contributed by atoms with Gasteiger partial charge in [0.05, 0.1) is 0 Å². The minimum atomic E-state index is 0.638. The van der Waals surface area contributed by atoms with Gasteiger partial charge in [0.25, 0.3) is 0 Å². The number of rotatable bonds is 8. The molecule has 0 aliphatic heterocycles. The molecule has 1 N–H and O–H groups in total. The first-order chi connectivity index (χ1) is 8.22. The Morgan fingerprint density at radius 1 is 1.12 bits per heavy atom. The van der Waals surface area contributed by atoms with Crippen molar-refractivity contribution in [1.29, 1.82) is 0 Å². The Kier molecular flexibility index (Phi) is 7.38. The Morgan fingerprint density at radius 3 is 2.41 bits per heavy atom. The highest BCUT2D eigenvalue weighted by atomic mass is 32.2. The first kappa shape index (κ1) is 14.6. The zero-order valence-electron chi connectivity index (χ0n) is 11.3. The minimum Gasteiger partial charge on any atom is -0.316 e. The summed E-state index contributed by atoms with van der Waals surface area (Å²) in [7, 11) is 2.07. The van der Waals surface area contributed by atoms with Crippen molar-refractivity contribution >= 4 is 11.8 Å². The molecule has 0 radical (unpaired) electrons. The third-order valence-corrected chi connectivity index (χ3v) is 4.34. The van der Waals surface area contributed by atoms with Crippen LogP contribution in [0, 0.1) is 5.92 Å². The van der Waals surface area contributed by atoms with Crippen LogP contribution in [-0.4, -0.2) is 24.6 Å². The van der Waals surface area contributed by atoms with Gasteiger partial charge in [-0.25, -0.2) is 0 Å². The van der Waals surface area contributed by atoms with E-state index in [9.17, 15) is 0 Å². The van der Waals surface area contributed by atoms with E-state index in [2.05, 4.69) is 68.3 Å². The number of benzene rings is 1. The van der Waals surface area contributed by atoms with Gasteiger partial charge in [-0.2, -0.15) is 11.8 Å². The zero-order chi connectivity index (χ0) is 12.5. The molecule has 1 rings (SSSR count). The molecule has 1 atom stereocenters. The molecule has 0 aliphatic carbocycles. The molecule has 0 amide bonds. The average Bonchev–Trinajstić information content (AvgIpc) is 2.34. The molecular formula is C15H25NS. The predicted octanol–water partition coefficient (Wildman–Crippen LogP) is 3.60. The number of aryl methyl sites for hydroxylation is 1. The second-order valence-corrected chi connectivity index (χ2v) is 6.02. The monoisotopic (exact) mass is 251 g/mol. The Bertz CT molecular complexity index is 284. The standard InChI is InChI=1S/C15H25NS/c1-13(2)11-17-12-15(16-3)10-9-14-7-5-4-6-8-14/h4-8,13,15-16H,9-12H2,1-3H3. The Hall–Kier alpha value is -0.470. The van der Waals surface area contributed by atoms with Crippen LogP contribution in [0.25, 0.3) is 0 Å². The number of hydrogen-bond acceptors (Lipinski definition) is 2. The summed E-state index contributed by atoms with van der Waals surface area (Å²) in [6.07, 6.45) is 2.40. The van der Waals surface area contributed by atoms with E-state index >= 15 is 0 Å². The van der Waals surface area contributed by atoms with Crippen LogP contribution in [0.15, 0.2) is 30.3 Å². The summed E-state index contributed by atoms with van der Waals surface area (Å²) in [5, 5.41) is 3.43. The summed E-state index contributed by atoms with van der Waals surface area (Å²) in [4.78, 5) is 0. The van der Waals surface area contributed by atoms with E-state index < -0.39 is 0 Å². The zero-order valence-corrected chi connectivity index (χ0v) is 12.1. The Balaban J connectivity index is 2.23. The lowest BCUT2D eigenvalue weighted by Crippen LogP contribution is -2.28. The number of hydrogen-bond donors (Lipinski definition) is 1. The van der Waals surface area contributed by atoms with E-state index in [4.69, 9.17) is 0 Å². The van der Waals surface area contributed by atoms with Crippen LogP contribution >= 0.6 is 11.8 Å². The molecule has 1 aromatic rings. The van der Waals surface area contributed by atoms with Gasteiger partial charge >= 0.3 is 0 Å². The van der Waals surface area contributed by atoms with Gasteiger partial charge in [0.2, 0.25) is 0 Å². The van der Waals surface area contributed by atoms with Crippen LogP contribution in [0.5, 0.6) is 0 Å². The third-order valence-electron chi connectivity index (χ3n) is 2.80. The lowest BCUT2D eigenvalue weighted by Gasteiger charge is -2.16. The molecule has 0 fully saturated rings. The van der Waals surface area contributed by atoms with Crippen LogP contribution in [0.3, 0.4) is 0 Å². The molecule has 0 saturated heterocycles. The fraction of sp³-hybridized carbons (Fsp3) is 0.600. The van der Waals surface area contributed by atoms with Crippen molar-refractivity contribution in [2.75, 3.05) is 18.6 Å². The normalized spacial score (nSPS) is 12.9. The van der Waals surface area contributed by atoms with Crippen molar-refractivity contribution < 1.29 is 0 Å². The summed E-state index contributed by atoms with van der Waals surface area (Å²) < 4.78 is 0. The van der Waals surface area contributed by atoms with E-state index in [0.717, 1.165) is 5.92 Å². The molecule has 2 heteroatoms. The van der Waals surface area contributed by atoms with Gasteiger partial charge in [0.1, 0.15) is 0 Å². The van der Waals surface area contributed by atoms with Crippen molar-refractivity contribution in [1.82, 2.24) is 5.32 Å². The maximum Gasteiger partial charge on any atom is 0.0158 e. The summed E-state index contributed by atoms with van der Waals surface area (Å²) in [5.74, 6) is 3.29. The van der Waals surface area contributed by atoms with E-state index in [1.165, 1.54) is 29.9 Å². The van der Waals surface area contributed by atoms with Crippen LogP contribution in [0.1, 0.15) is 25.8 Å². The topological polar surface area (TPSA) is 12.0 Å². The first-order valence-electron chi connectivity index (χ1n) is 6.51. The maximum absolute atomic E-state index is 3.43. The lowest BCUT2D eigenvalue weighted by molar-refractivity contribution is 0.572. The van der Waals surface area contributed by atoms with E-state index in [-0.39, 0.29) is 0 Å². The predicted molar refractivity (Wildman–Crippen MR) is 79.8 cm³/mol. The molecule has 1 aromatic carbocycles.